The van der Waals surface area contributed by atoms with Crippen LogP contribution in [0, 0.1) is 16.6 Å². The van der Waals surface area contributed by atoms with Gasteiger partial charge in [0.2, 0.25) is 5.91 Å². The first-order valence-electron chi connectivity index (χ1n) is 8.19. The van der Waals surface area contributed by atoms with Gasteiger partial charge >= 0.3 is 6.18 Å². The summed E-state index contributed by atoms with van der Waals surface area (Å²) < 4.78 is 58.3. The number of hydrogen-bond acceptors (Lipinski definition) is 2. The van der Waals surface area contributed by atoms with Gasteiger partial charge in [0, 0.05) is 17.1 Å². The number of nitrogens with zero attached hydrogens (tertiary/aromatic N) is 1. The van der Waals surface area contributed by atoms with Crippen molar-refractivity contribution < 1.29 is 27.1 Å². The largest absolute Gasteiger partial charge is 0.394 e. The lowest BCUT2D eigenvalue weighted by Crippen LogP contribution is -2.73. The maximum atomic E-state index is 13.8. The van der Waals surface area contributed by atoms with Crippen LogP contribution in [0.25, 0.3) is 0 Å². The van der Waals surface area contributed by atoms with E-state index in [1.165, 1.54) is 17.0 Å². The number of rotatable bonds is 2. The second kappa shape index (κ2) is 5.72. The number of ether oxygens (including phenoxy) is 1. The third-order valence-electron chi connectivity index (χ3n) is 5.83. The minimum absolute atomic E-state index is 0.117. The summed E-state index contributed by atoms with van der Waals surface area (Å²) in [6.45, 7) is 0.627. The lowest BCUT2D eigenvalue weighted by molar-refractivity contribution is -0.353. The average Bonchev–Trinajstić information content (AvgIpc) is 2.47. The molecule has 0 aromatic heterocycles. The Bertz CT molecular complexity index is 763. The van der Waals surface area contributed by atoms with Gasteiger partial charge in [0.25, 0.3) is 0 Å². The van der Waals surface area contributed by atoms with Crippen LogP contribution in [0.15, 0.2) is 12.1 Å². The zero-order valence-electron chi connectivity index (χ0n) is 13.5. The number of amides is 1. The standard InChI is InChI=1S/C17H15Cl2F4NO2/c18-10-4-11(19)12(20)3-9(10)13-5-24(1-2-26-13)14(25)15-6-16(7-15,8-15)17(21,22)23/h3-4,13H,1-2,5-8H2/t13-,15?,16?/m0/s1. The smallest absolute Gasteiger partial charge is 0.370 e. The van der Waals surface area contributed by atoms with Crippen LogP contribution in [0.1, 0.15) is 30.9 Å². The highest BCUT2D eigenvalue weighted by molar-refractivity contribution is 6.35. The molecule has 26 heavy (non-hydrogen) atoms. The zero-order chi connectivity index (χ0) is 18.9. The molecule has 4 aliphatic rings. The van der Waals surface area contributed by atoms with Gasteiger partial charge in [0.05, 0.1) is 29.0 Å². The van der Waals surface area contributed by atoms with Crippen molar-refractivity contribution in [2.24, 2.45) is 10.8 Å². The van der Waals surface area contributed by atoms with Gasteiger partial charge in [-0.05, 0) is 31.4 Å². The van der Waals surface area contributed by atoms with E-state index >= 15 is 0 Å². The Morgan fingerprint density at radius 3 is 2.46 bits per heavy atom. The first-order chi connectivity index (χ1) is 12.1. The molecule has 0 N–H and O–H groups in total. The highest BCUT2D eigenvalue weighted by Gasteiger charge is 2.81. The summed E-state index contributed by atoms with van der Waals surface area (Å²) in [7, 11) is 0. The van der Waals surface area contributed by atoms with Gasteiger partial charge in [-0.15, -0.1) is 0 Å². The topological polar surface area (TPSA) is 29.5 Å². The van der Waals surface area contributed by atoms with Gasteiger partial charge in [-0.3, -0.25) is 4.79 Å². The van der Waals surface area contributed by atoms with Gasteiger partial charge in [-0.2, -0.15) is 13.2 Å². The zero-order valence-corrected chi connectivity index (χ0v) is 15.0. The molecule has 1 aliphatic heterocycles. The number of carbonyl (C=O) groups is 1. The molecule has 3 nitrogen and oxygen atoms in total. The molecule has 0 radical (unpaired) electrons. The van der Waals surface area contributed by atoms with Crippen molar-refractivity contribution in [3.8, 4) is 0 Å². The van der Waals surface area contributed by atoms with Crippen LogP contribution in [-0.4, -0.2) is 36.7 Å². The maximum absolute atomic E-state index is 13.8. The van der Waals surface area contributed by atoms with Gasteiger partial charge < -0.3 is 9.64 Å². The molecule has 9 heteroatoms. The van der Waals surface area contributed by atoms with E-state index in [0.717, 1.165) is 0 Å². The summed E-state index contributed by atoms with van der Waals surface area (Å²) in [5.74, 6) is -0.924. The summed E-state index contributed by atoms with van der Waals surface area (Å²) in [4.78, 5) is 14.3. The van der Waals surface area contributed by atoms with Crippen molar-refractivity contribution in [3.63, 3.8) is 0 Å². The minimum atomic E-state index is -4.25. The SMILES string of the molecule is O=C(N1CCO[C@H](c2cc(F)c(Cl)cc2Cl)C1)C12CC(C(F)(F)F)(C1)C2. The number of halogens is 6. The fourth-order valence-corrected chi connectivity index (χ4v) is 4.96. The Labute approximate surface area is 157 Å². The van der Waals surface area contributed by atoms with Crippen molar-refractivity contribution in [2.45, 2.75) is 31.5 Å². The van der Waals surface area contributed by atoms with Crippen molar-refractivity contribution in [1.82, 2.24) is 4.90 Å². The molecule has 0 spiro atoms. The molecule has 3 saturated carbocycles. The van der Waals surface area contributed by atoms with E-state index in [1.54, 1.807) is 0 Å². The van der Waals surface area contributed by atoms with Gasteiger partial charge in [-0.25, -0.2) is 4.39 Å². The fraction of sp³-hybridized carbons (Fsp3) is 0.588. The van der Waals surface area contributed by atoms with Crippen LogP contribution in [0.4, 0.5) is 17.6 Å². The monoisotopic (exact) mass is 411 g/mol. The number of benzene rings is 1. The van der Waals surface area contributed by atoms with Gasteiger partial charge in [-0.1, -0.05) is 23.2 Å². The molecule has 1 aromatic rings. The van der Waals surface area contributed by atoms with E-state index in [9.17, 15) is 22.4 Å². The molecule has 1 aromatic carbocycles. The molecule has 2 bridgehead atoms. The number of hydrogen-bond donors (Lipinski definition) is 0. The van der Waals surface area contributed by atoms with Crippen LogP contribution in [0.5, 0.6) is 0 Å². The summed E-state index contributed by atoms with van der Waals surface area (Å²) >= 11 is 11.8. The normalized spacial score (nSPS) is 33.5. The molecular weight excluding hydrogens is 397 g/mol. The van der Waals surface area contributed by atoms with Crippen LogP contribution in [0.2, 0.25) is 10.0 Å². The average molecular weight is 412 g/mol. The predicted molar refractivity (Wildman–Crippen MR) is 86.5 cm³/mol. The van der Waals surface area contributed by atoms with E-state index in [2.05, 4.69) is 0 Å². The lowest BCUT2D eigenvalue weighted by Gasteiger charge is -2.69. The number of carbonyl (C=O) groups excluding carboxylic acids is 1. The molecule has 1 saturated heterocycles. The Kier molecular flexibility index (Phi) is 4.03. The maximum Gasteiger partial charge on any atom is 0.394 e. The van der Waals surface area contributed by atoms with Crippen LogP contribution in [0.3, 0.4) is 0 Å². The predicted octanol–water partition coefficient (Wildman–Crippen LogP) is 4.77. The van der Waals surface area contributed by atoms with Crippen molar-refractivity contribution in [3.05, 3.63) is 33.6 Å². The van der Waals surface area contributed by atoms with Crippen molar-refractivity contribution in [2.75, 3.05) is 19.7 Å². The Balaban J connectivity index is 1.47. The van der Waals surface area contributed by atoms with E-state index < -0.39 is 28.9 Å². The van der Waals surface area contributed by atoms with Crippen LogP contribution < -0.4 is 0 Å². The second-order valence-corrected chi connectivity index (χ2v) is 8.30. The van der Waals surface area contributed by atoms with Gasteiger partial charge in [0.1, 0.15) is 11.9 Å². The molecule has 142 valence electrons. The summed E-state index contributed by atoms with van der Waals surface area (Å²) in [6.07, 6.45) is -5.31. The van der Waals surface area contributed by atoms with Crippen molar-refractivity contribution >= 4 is 29.1 Å². The van der Waals surface area contributed by atoms with Crippen molar-refractivity contribution in [1.29, 1.82) is 0 Å². The number of morpholine rings is 1. The van der Waals surface area contributed by atoms with Crippen LogP contribution in [-0.2, 0) is 9.53 Å². The van der Waals surface area contributed by atoms with E-state index in [0.29, 0.717) is 12.1 Å². The second-order valence-electron chi connectivity index (χ2n) is 7.49. The molecule has 1 heterocycles. The minimum Gasteiger partial charge on any atom is -0.370 e. The Hall–Kier alpha value is -1.05. The van der Waals surface area contributed by atoms with Gasteiger partial charge in [0.15, 0.2) is 0 Å². The molecule has 4 fully saturated rings. The molecule has 1 amide bonds. The molecule has 1 atom stereocenters. The number of alkyl halides is 3. The van der Waals surface area contributed by atoms with Crippen LogP contribution >= 0.6 is 23.2 Å². The first kappa shape index (κ1) is 18.3. The molecular formula is C17H15Cl2F4NO2. The Morgan fingerprint density at radius 1 is 1.19 bits per heavy atom. The quantitative estimate of drug-likeness (QED) is 0.518. The molecule has 3 aliphatic carbocycles. The Morgan fingerprint density at radius 2 is 1.85 bits per heavy atom. The van der Waals surface area contributed by atoms with E-state index in [-0.39, 0.29) is 48.4 Å². The summed E-state index contributed by atoms with van der Waals surface area (Å²) in [5.41, 5.74) is -2.20. The first-order valence-corrected chi connectivity index (χ1v) is 8.95. The fourth-order valence-electron chi connectivity index (χ4n) is 4.46. The third kappa shape index (κ3) is 2.54. The third-order valence-corrected chi connectivity index (χ3v) is 6.44. The highest BCUT2D eigenvalue weighted by Crippen LogP contribution is 2.78. The molecule has 5 rings (SSSR count). The molecule has 0 unspecified atom stereocenters. The van der Waals surface area contributed by atoms with E-state index in [1.807, 2.05) is 0 Å². The lowest BCUT2D eigenvalue weighted by atomic mass is 9.34. The highest BCUT2D eigenvalue weighted by atomic mass is 35.5. The van der Waals surface area contributed by atoms with E-state index in [4.69, 9.17) is 27.9 Å². The summed E-state index contributed by atoms with van der Waals surface area (Å²) in [6, 6.07) is 2.44. The summed E-state index contributed by atoms with van der Waals surface area (Å²) in [5, 5.41) is 0.103.